The Morgan fingerprint density at radius 3 is 2.13 bits per heavy atom. The van der Waals surface area contributed by atoms with Crippen molar-refractivity contribution in [3.8, 4) is 6.07 Å². The van der Waals surface area contributed by atoms with E-state index < -0.39 is 5.41 Å². The average Bonchev–Trinajstić information content (AvgIpc) is 2.19. The normalized spacial score (nSPS) is 9.93. The molecule has 0 heterocycles. The van der Waals surface area contributed by atoms with Gasteiger partial charge in [0.15, 0.2) is 0 Å². The van der Waals surface area contributed by atoms with Gasteiger partial charge < -0.3 is 0 Å². The number of hydrogen-bond acceptors (Lipinski definition) is 1. The number of nitriles is 1. The van der Waals surface area contributed by atoms with Crippen molar-refractivity contribution in [3.63, 3.8) is 0 Å². The van der Waals surface area contributed by atoms with E-state index in [2.05, 4.69) is 22.0 Å². The maximum absolute atomic E-state index is 8.96. The summed E-state index contributed by atoms with van der Waals surface area (Å²) in [4.78, 5) is 0. The summed E-state index contributed by atoms with van der Waals surface area (Å²) in [7, 11) is 0. The van der Waals surface area contributed by atoms with Crippen LogP contribution in [0.1, 0.15) is 38.8 Å². The van der Waals surface area contributed by atoms with E-state index in [1.807, 2.05) is 52.8 Å². The molecule has 0 aromatic heterocycles. The SMILES string of the molecule is CC.Cc1cc(Br)cc(C(C)(C)C#N)c1. The molecular weight excluding hydrogens is 250 g/mol. The molecule has 0 aliphatic heterocycles. The highest BCUT2D eigenvalue weighted by molar-refractivity contribution is 9.10. The minimum absolute atomic E-state index is 0.408. The molecule has 0 N–H and O–H groups in total. The summed E-state index contributed by atoms with van der Waals surface area (Å²) in [5, 5.41) is 8.96. The van der Waals surface area contributed by atoms with E-state index >= 15 is 0 Å². The number of halogens is 1. The van der Waals surface area contributed by atoms with Crippen LogP contribution in [0.4, 0.5) is 0 Å². The number of nitrogens with zero attached hydrogens (tertiary/aromatic N) is 1. The standard InChI is InChI=1S/C11H12BrN.C2H6/c1-8-4-9(6-10(12)5-8)11(2,3)7-13;1-2/h4-6H,1-3H3;1-2H3. The first-order valence-corrected chi connectivity index (χ1v) is 5.94. The van der Waals surface area contributed by atoms with E-state index in [1.165, 1.54) is 5.56 Å². The van der Waals surface area contributed by atoms with Crippen LogP contribution in [0.2, 0.25) is 0 Å². The number of benzene rings is 1. The van der Waals surface area contributed by atoms with Crippen LogP contribution in [0, 0.1) is 18.3 Å². The van der Waals surface area contributed by atoms with Crippen molar-refractivity contribution in [3.05, 3.63) is 33.8 Å². The van der Waals surface area contributed by atoms with Crippen molar-refractivity contribution in [2.75, 3.05) is 0 Å². The highest BCUT2D eigenvalue weighted by Crippen LogP contribution is 2.26. The maximum Gasteiger partial charge on any atom is 0.0766 e. The zero-order valence-electron chi connectivity index (χ0n) is 10.1. The van der Waals surface area contributed by atoms with Gasteiger partial charge in [0.1, 0.15) is 0 Å². The molecule has 1 aromatic rings. The summed E-state index contributed by atoms with van der Waals surface area (Å²) < 4.78 is 1.03. The quantitative estimate of drug-likeness (QED) is 0.731. The molecule has 1 nitrogen and oxygen atoms in total. The zero-order chi connectivity index (χ0) is 12.1. The Hall–Kier alpha value is -0.810. The van der Waals surface area contributed by atoms with Crippen molar-refractivity contribution in [2.45, 2.75) is 40.0 Å². The first kappa shape index (κ1) is 14.2. The number of hydrogen-bond donors (Lipinski definition) is 0. The molecule has 15 heavy (non-hydrogen) atoms. The van der Waals surface area contributed by atoms with E-state index in [9.17, 15) is 0 Å². The summed E-state index contributed by atoms with van der Waals surface area (Å²) in [6, 6.07) is 8.38. The summed E-state index contributed by atoms with van der Waals surface area (Å²) in [5.41, 5.74) is 1.82. The number of aryl methyl sites for hydroxylation is 1. The van der Waals surface area contributed by atoms with Crippen LogP contribution in [0.5, 0.6) is 0 Å². The third-order valence-corrected chi connectivity index (χ3v) is 2.50. The number of rotatable bonds is 1. The molecule has 0 aliphatic carbocycles. The van der Waals surface area contributed by atoms with Crippen LogP contribution in [0.3, 0.4) is 0 Å². The molecule has 2 heteroatoms. The fourth-order valence-corrected chi connectivity index (χ4v) is 1.77. The first-order valence-electron chi connectivity index (χ1n) is 5.14. The molecule has 0 spiro atoms. The molecule has 0 atom stereocenters. The van der Waals surface area contributed by atoms with Gasteiger partial charge in [-0.3, -0.25) is 0 Å². The summed E-state index contributed by atoms with van der Waals surface area (Å²) in [6.45, 7) is 9.88. The lowest BCUT2D eigenvalue weighted by atomic mass is 9.86. The zero-order valence-corrected chi connectivity index (χ0v) is 11.6. The molecule has 0 unspecified atom stereocenters. The van der Waals surface area contributed by atoms with E-state index in [-0.39, 0.29) is 0 Å². The summed E-state index contributed by atoms with van der Waals surface area (Å²) in [6.07, 6.45) is 0. The van der Waals surface area contributed by atoms with Crippen molar-refractivity contribution in [1.29, 1.82) is 5.26 Å². The lowest BCUT2D eigenvalue weighted by Gasteiger charge is -2.16. The molecule has 82 valence electrons. The Labute approximate surface area is 101 Å². The lowest BCUT2D eigenvalue weighted by Crippen LogP contribution is -2.13. The van der Waals surface area contributed by atoms with Gasteiger partial charge >= 0.3 is 0 Å². The van der Waals surface area contributed by atoms with Crippen LogP contribution in [0.25, 0.3) is 0 Å². The van der Waals surface area contributed by atoms with E-state index in [1.54, 1.807) is 0 Å². The van der Waals surface area contributed by atoms with Crippen molar-refractivity contribution >= 4 is 15.9 Å². The third kappa shape index (κ3) is 4.05. The Morgan fingerprint density at radius 1 is 1.20 bits per heavy atom. The monoisotopic (exact) mass is 267 g/mol. The second kappa shape index (κ2) is 5.92. The third-order valence-electron chi connectivity index (χ3n) is 2.04. The topological polar surface area (TPSA) is 23.8 Å². The van der Waals surface area contributed by atoms with E-state index in [0.717, 1.165) is 10.0 Å². The first-order chi connectivity index (χ1) is 6.95. The van der Waals surface area contributed by atoms with Gasteiger partial charge in [-0.15, -0.1) is 0 Å². The van der Waals surface area contributed by atoms with Gasteiger partial charge in [0.2, 0.25) is 0 Å². The molecule has 0 saturated carbocycles. The van der Waals surface area contributed by atoms with E-state index in [0.29, 0.717) is 0 Å². The van der Waals surface area contributed by atoms with Gasteiger partial charge in [0.05, 0.1) is 11.5 Å². The molecule has 0 amide bonds. The van der Waals surface area contributed by atoms with Gasteiger partial charge in [0, 0.05) is 4.47 Å². The molecule has 0 aliphatic rings. The van der Waals surface area contributed by atoms with Crippen molar-refractivity contribution in [2.24, 2.45) is 0 Å². The predicted octanol–water partition coefficient (Wildman–Crippen LogP) is 4.58. The average molecular weight is 268 g/mol. The molecule has 0 saturated heterocycles. The minimum atomic E-state index is -0.408. The second-order valence-corrected chi connectivity index (χ2v) is 4.67. The van der Waals surface area contributed by atoms with E-state index in [4.69, 9.17) is 5.26 Å². The molecular formula is C13H18BrN. The van der Waals surface area contributed by atoms with Crippen LogP contribution in [0.15, 0.2) is 22.7 Å². The van der Waals surface area contributed by atoms with Gasteiger partial charge in [0.25, 0.3) is 0 Å². The summed E-state index contributed by atoms with van der Waals surface area (Å²) >= 11 is 3.43. The molecule has 0 radical (unpaired) electrons. The van der Waals surface area contributed by atoms with Crippen molar-refractivity contribution < 1.29 is 0 Å². The van der Waals surface area contributed by atoms with Gasteiger partial charge in [-0.25, -0.2) is 0 Å². The predicted molar refractivity (Wildman–Crippen MR) is 68.9 cm³/mol. The highest BCUT2D eigenvalue weighted by Gasteiger charge is 2.19. The molecule has 0 bridgehead atoms. The summed E-state index contributed by atoms with van der Waals surface area (Å²) in [5.74, 6) is 0. The maximum atomic E-state index is 8.96. The Morgan fingerprint density at radius 2 is 1.73 bits per heavy atom. The smallest absolute Gasteiger partial charge is 0.0766 e. The van der Waals surface area contributed by atoms with Gasteiger partial charge in [-0.05, 0) is 44.0 Å². The fourth-order valence-electron chi connectivity index (χ4n) is 1.16. The van der Waals surface area contributed by atoms with Gasteiger partial charge in [-0.2, -0.15) is 5.26 Å². The molecule has 1 aromatic carbocycles. The van der Waals surface area contributed by atoms with Crippen molar-refractivity contribution in [1.82, 2.24) is 0 Å². The lowest BCUT2D eigenvalue weighted by molar-refractivity contribution is 0.685. The Kier molecular flexibility index (Phi) is 5.60. The largest absolute Gasteiger partial charge is 0.197 e. The minimum Gasteiger partial charge on any atom is -0.197 e. The van der Waals surface area contributed by atoms with Crippen LogP contribution >= 0.6 is 15.9 Å². The van der Waals surface area contributed by atoms with Crippen LogP contribution < -0.4 is 0 Å². The Balaban J connectivity index is 0.000000921. The fraction of sp³-hybridized carbons (Fsp3) is 0.462. The second-order valence-electron chi connectivity index (χ2n) is 3.75. The molecule has 1 rings (SSSR count). The highest BCUT2D eigenvalue weighted by atomic mass is 79.9. The Bertz CT molecular complexity index is 341. The van der Waals surface area contributed by atoms with Gasteiger partial charge in [-0.1, -0.05) is 35.8 Å². The molecule has 0 fully saturated rings. The van der Waals surface area contributed by atoms with Crippen LogP contribution in [-0.2, 0) is 5.41 Å². The van der Waals surface area contributed by atoms with Crippen LogP contribution in [-0.4, -0.2) is 0 Å².